The van der Waals surface area contributed by atoms with Gasteiger partial charge in [0.1, 0.15) is 0 Å². The van der Waals surface area contributed by atoms with E-state index in [4.69, 9.17) is 0 Å². The lowest BCUT2D eigenvalue weighted by Crippen LogP contribution is -2.37. The zero-order valence-electron chi connectivity index (χ0n) is 13.4. The summed E-state index contributed by atoms with van der Waals surface area (Å²) in [4.78, 5) is 4.48. The highest BCUT2D eigenvalue weighted by Gasteiger charge is 2.08. The van der Waals surface area contributed by atoms with E-state index in [-0.39, 0.29) is 5.54 Å². The van der Waals surface area contributed by atoms with Gasteiger partial charge in [0.05, 0.1) is 5.70 Å². The first kappa shape index (κ1) is 18.3. The Morgan fingerprint density at radius 3 is 2.20 bits per heavy atom. The number of aliphatic imine (C=N–C) groups is 1. The highest BCUT2D eigenvalue weighted by molar-refractivity contribution is 5.95. The second kappa shape index (κ2) is 8.49. The topological polar surface area (TPSA) is 24.4 Å². The Morgan fingerprint density at radius 1 is 1.15 bits per heavy atom. The van der Waals surface area contributed by atoms with Crippen LogP contribution >= 0.6 is 0 Å². The Morgan fingerprint density at radius 2 is 1.75 bits per heavy atom. The standard InChI is InChI=1S/C18H28N2/c1-9-17(12-13-19-18(6,7)8)20-16(5)15(4)11-10-14(2)3/h9-11,19H,1-2,4-5,12-13H2,3,6-8H3/b11-10-,20-17?. The van der Waals surface area contributed by atoms with E-state index in [0.29, 0.717) is 5.70 Å². The molecule has 2 nitrogen and oxygen atoms in total. The lowest BCUT2D eigenvalue weighted by atomic mass is 10.1. The molecule has 0 aliphatic heterocycles. The maximum absolute atomic E-state index is 4.48. The van der Waals surface area contributed by atoms with Gasteiger partial charge in [-0.1, -0.05) is 44.0 Å². The third-order valence-electron chi connectivity index (χ3n) is 2.49. The third-order valence-corrected chi connectivity index (χ3v) is 2.49. The van der Waals surface area contributed by atoms with Crippen molar-refractivity contribution in [2.24, 2.45) is 4.99 Å². The molecule has 0 saturated heterocycles. The van der Waals surface area contributed by atoms with Gasteiger partial charge in [0.25, 0.3) is 0 Å². The van der Waals surface area contributed by atoms with Crippen molar-refractivity contribution in [3.05, 3.63) is 61.4 Å². The number of allylic oxidation sites excluding steroid dienone is 4. The van der Waals surface area contributed by atoms with Gasteiger partial charge in [-0.2, -0.15) is 0 Å². The van der Waals surface area contributed by atoms with Crippen LogP contribution in [0.15, 0.2) is 66.4 Å². The molecule has 0 saturated carbocycles. The number of nitrogens with one attached hydrogen (secondary N) is 1. The van der Waals surface area contributed by atoms with Gasteiger partial charge in [-0.15, -0.1) is 0 Å². The molecule has 20 heavy (non-hydrogen) atoms. The minimum absolute atomic E-state index is 0.108. The number of hydrogen-bond acceptors (Lipinski definition) is 2. The van der Waals surface area contributed by atoms with E-state index in [1.807, 2.05) is 19.1 Å². The van der Waals surface area contributed by atoms with Gasteiger partial charge >= 0.3 is 0 Å². The van der Waals surface area contributed by atoms with Crippen molar-refractivity contribution < 1.29 is 0 Å². The van der Waals surface area contributed by atoms with Crippen molar-refractivity contribution in [1.29, 1.82) is 0 Å². The van der Waals surface area contributed by atoms with Crippen LogP contribution in [-0.2, 0) is 0 Å². The van der Waals surface area contributed by atoms with Crippen LogP contribution in [0.5, 0.6) is 0 Å². The lowest BCUT2D eigenvalue weighted by molar-refractivity contribution is 0.434. The molecule has 0 atom stereocenters. The Bertz CT molecular complexity index is 443. The largest absolute Gasteiger partial charge is 0.312 e. The number of rotatable bonds is 8. The zero-order chi connectivity index (χ0) is 15.8. The van der Waals surface area contributed by atoms with Crippen LogP contribution in [0.4, 0.5) is 0 Å². The first-order valence-electron chi connectivity index (χ1n) is 6.82. The first-order valence-corrected chi connectivity index (χ1v) is 6.82. The molecule has 0 aromatic rings. The fourth-order valence-corrected chi connectivity index (χ4v) is 1.35. The van der Waals surface area contributed by atoms with E-state index in [1.54, 1.807) is 6.08 Å². The minimum Gasteiger partial charge on any atom is -0.312 e. The molecule has 0 aromatic heterocycles. The molecule has 0 fully saturated rings. The van der Waals surface area contributed by atoms with Crippen molar-refractivity contribution in [1.82, 2.24) is 5.32 Å². The molecule has 0 aliphatic rings. The molecule has 0 bridgehead atoms. The summed E-state index contributed by atoms with van der Waals surface area (Å²) >= 11 is 0. The predicted molar refractivity (Wildman–Crippen MR) is 92.2 cm³/mol. The van der Waals surface area contributed by atoms with Crippen molar-refractivity contribution in [2.75, 3.05) is 6.54 Å². The monoisotopic (exact) mass is 272 g/mol. The Hall–Kier alpha value is -1.67. The maximum Gasteiger partial charge on any atom is 0.0627 e. The van der Waals surface area contributed by atoms with E-state index in [0.717, 1.165) is 29.8 Å². The van der Waals surface area contributed by atoms with Gasteiger partial charge in [-0.25, -0.2) is 0 Å². The summed E-state index contributed by atoms with van der Waals surface area (Å²) in [5, 5.41) is 3.42. The molecule has 0 amide bonds. The quantitative estimate of drug-likeness (QED) is 0.507. The molecule has 0 radical (unpaired) electrons. The van der Waals surface area contributed by atoms with Gasteiger partial charge in [-0.05, 0) is 39.3 Å². The second-order valence-corrected chi connectivity index (χ2v) is 5.89. The van der Waals surface area contributed by atoms with Crippen molar-refractivity contribution >= 4 is 5.71 Å². The SMILES string of the molecule is C=CC(CCNC(C)(C)C)=NC(=C)C(=C)/C=C\C(=C)C. The van der Waals surface area contributed by atoms with Gasteiger partial charge in [0.2, 0.25) is 0 Å². The van der Waals surface area contributed by atoms with Crippen LogP contribution < -0.4 is 5.32 Å². The van der Waals surface area contributed by atoms with Crippen LogP contribution in [0.25, 0.3) is 0 Å². The molecule has 110 valence electrons. The molecular formula is C18H28N2. The molecule has 0 aliphatic carbocycles. The molecule has 0 spiro atoms. The molecule has 2 heteroatoms. The third kappa shape index (κ3) is 9.29. The maximum atomic E-state index is 4.48. The molecular weight excluding hydrogens is 244 g/mol. The van der Waals surface area contributed by atoms with E-state index in [2.05, 4.69) is 57.4 Å². The lowest BCUT2D eigenvalue weighted by Gasteiger charge is -2.20. The second-order valence-electron chi connectivity index (χ2n) is 5.89. The number of nitrogens with zero attached hydrogens (tertiary/aromatic N) is 1. The summed E-state index contributed by atoms with van der Waals surface area (Å²) in [6.45, 7) is 24.7. The molecule has 0 heterocycles. The smallest absolute Gasteiger partial charge is 0.0627 e. The molecule has 0 aromatic carbocycles. The summed E-state index contributed by atoms with van der Waals surface area (Å²) in [5.74, 6) is 0. The number of hydrogen-bond donors (Lipinski definition) is 1. The molecule has 0 rings (SSSR count). The summed E-state index contributed by atoms with van der Waals surface area (Å²) in [6, 6.07) is 0. The average Bonchev–Trinajstić information content (AvgIpc) is 2.32. The summed E-state index contributed by atoms with van der Waals surface area (Å²) in [7, 11) is 0. The zero-order valence-corrected chi connectivity index (χ0v) is 13.4. The van der Waals surface area contributed by atoms with E-state index in [1.165, 1.54) is 0 Å². The van der Waals surface area contributed by atoms with Crippen molar-refractivity contribution in [3.63, 3.8) is 0 Å². The normalized spacial score (nSPS) is 12.5. The van der Waals surface area contributed by atoms with E-state index >= 15 is 0 Å². The highest BCUT2D eigenvalue weighted by atomic mass is 14.9. The predicted octanol–water partition coefficient (Wildman–Crippen LogP) is 4.59. The van der Waals surface area contributed by atoms with Crippen LogP contribution in [0.3, 0.4) is 0 Å². The fraction of sp³-hybridized carbons (Fsp3) is 0.389. The Labute approximate surface area is 124 Å². The van der Waals surface area contributed by atoms with Crippen molar-refractivity contribution in [2.45, 2.75) is 39.7 Å². The summed E-state index contributed by atoms with van der Waals surface area (Å²) in [5.41, 5.74) is 3.44. The summed E-state index contributed by atoms with van der Waals surface area (Å²) < 4.78 is 0. The first-order chi connectivity index (χ1) is 9.15. The Balaban J connectivity index is 4.57. The van der Waals surface area contributed by atoms with Crippen LogP contribution in [0.1, 0.15) is 34.1 Å². The molecule has 0 unspecified atom stereocenters. The van der Waals surface area contributed by atoms with Crippen LogP contribution in [0, 0.1) is 0 Å². The fourth-order valence-electron chi connectivity index (χ4n) is 1.35. The average molecular weight is 272 g/mol. The Kier molecular flexibility index (Phi) is 7.78. The van der Waals surface area contributed by atoms with Crippen LogP contribution in [-0.4, -0.2) is 17.8 Å². The van der Waals surface area contributed by atoms with Gasteiger partial charge < -0.3 is 5.32 Å². The van der Waals surface area contributed by atoms with Crippen molar-refractivity contribution in [3.8, 4) is 0 Å². The van der Waals surface area contributed by atoms with Gasteiger partial charge in [-0.3, -0.25) is 4.99 Å². The minimum atomic E-state index is 0.108. The summed E-state index contributed by atoms with van der Waals surface area (Å²) in [6.07, 6.45) is 6.36. The van der Waals surface area contributed by atoms with E-state index in [9.17, 15) is 0 Å². The van der Waals surface area contributed by atoms with Gasteiger partial charge in [0, 0.05) is 24.2 Å². The van der Waals surface area contributed by atoms with Gasteiger partial charge in [0.15, 0.2) is 0 Å². The molecule has 1 N–H and O–H groups in total. The highest BCUT2D eigenvalue weighted by Crippen LogP contribution is 2.11. The van der Waals surface area contributed by atoms with Crippen LogP contribution in [0.2, 0.25) is 0 Å². The van der Waals surface area contributed by atoms with E-state index < -0.39 is 0 Å².